The van der Waals surface area contributed by atoms with Crippen molar-refractivity contribution < 1.29 is 38.4 Å². The Kier molecular flexibility index (Phi) is 7.34. The minimum atomic E-state index is -4.69. The highest BCUT2D eigenvalue weighted by molar-refractivity contribution is 8.27. The summed E-state index contributed by atoms with van der Waals surface area (Å²) in [5.74, 6) is 0.569. The maximum Gasteiger partial charge on any atom is 0.328 e. The van der Waals surface area contributed by atoms with Gasteiger partial charge in [-0.2, -0.15) is 14.0 Å². The first-order chi connectivity index (χ1) is 9.27. The lowest BCUT2D eigenvalue weighted by atomic mass is 10.2. The molecule has 0 radical (unpaired) electrons. The highest BCUT2D eigenvalue weighted by Crippen LogP contribution is 2.40. The largest absolute Gasteiger partial charge is 0.428 e. The van der Waals surface area contributed by atoms with Crippen LogP contribution in [0, 0.1) is 10.2 Å². The molecule has 0 aromatic rings. The summed E-state index contributed by atoms with van der Waals surface area (Å²) in [7, 11) is -4.69. The number of esters is 1. The molecule has 0 aromatic heterocycles. The van der Waals surface area contributed by atoms with Gasteiger partial charge in [0.1, 0.15) is 11.8 Å². The van der Waals surface area contributed by atoms with E-state index in [0.29, 0.717) is 5.76 Å². The van der Waals surface area contributed by atoms with Crippen LogP contribution >= 0.6 is 23.5 Å². The van der Waals surface area contributed by atoms with Gasteiger partial charge in [-0.3, -0.25) is 0 Å². The molecule has 2 heterocycles. The van der Waals surface area contributed by atoms with Crippen molar-refractivity contribution in [1.82, 2.24) is 5.32 Å². The van der Waals surface area contributed by atoms with Crippen molar-refractivity contribution >= 4 is 29.5 Å². The van der Waals surface area contributed by atoms with E-state index in [1.807, 2.05) is 17.7 Å². The number of nitrogens with one attached hydrogen (secondary N) is 1. The van der Waals surface area contributed by atoms with Crippen molar-refractivity contribution in [1.29, 1.82) is 0 Å². The fourth-order valence-electron chi connectivity index (χ4n) is 1.52. The van der Waals surface area contributed by atoms with Crippen LogP contribution in [-0.4, -0.2) is 23.2 Å². The van der Waals surface area contributed by atoms with Gasteiger partial charge >= 0.3 is 5.97 Å². The zero-order valence-electron chi connectivity index (χ0n) is 10.5. The van der Waals surface area contributed by atoms with Crippen LogP contribution in [0.4, 0.5) is 0 Å². The molecule has 20 heavy (non-hydrogen) atoms. The molecule has 10 heteroatoms. The zero-order chi connectivity index (χ0) is 15.2. The van der Waals surface area contributed by atoms with E-state index >= 15 is 0 Å². The average molecular weight is 344 g/mol. The topological polar surface area (TPSA) is 128 Å². The summed E-state index contributed by atoms with van der Waals surface area (Å²) in [6.45, 7) is 2.76. The lowest BCUT2D eigenvalue weighted by molar-refractivity contribution is -1.92. The molecule has 2 aliphatic rings. The number of thioether (sulfide) groups is 2. The molecule has 0 aliphatic carbocycles. The number of hydrogen-bond donors (Lipinski definition) is 2. The van der Waals surface area contributed by atoms with Gasteiger partial charge in [0.15, 0.2) is 0 Å². The Labute approximate surface area is 126 Å². The third kappa shape index (κ3) is 7.50. The third-order valence-electron chi connectivity index (χ3n) is 2.29. The summed E-state index contributed by atoms with van der Waals surface area (Å²) in [4.78, 5) is 11.7. The lowest BCUT2D eigenvalue weighted by Gasteiger charge is -2.11. The van der Waals surface area contributed by atoms with Gasteiger partial charge in [0.25, 0.3) is 0 Å². The van der Waals surface area contributed by atoms with Crippen molar-refractivity contribution in [3.63, 3.8) is 0 Å². The van der Waals surface area contributed by atoms with E-state index in [1.165, 1.54) is 0 Å². The summed E-state index contributed by atoms with van der Waals surface area (Å²) in [6.07, 6.45) is 1.94. The smallest absolute Gasteiger partial charge is 0.328 e. The standard InChI is InChI=1S/C10H13NO2S2.ClHO4/c1-7(10-14-5-6-15-10)13-9(12)8-3-2-4-11-8;2-1(3,4)5/h5-6,8,11H,2-4H2,1H3;(H,2,3,4,5). The number of ether oxygens (including phenoxy) is 1. The van der Waals surface area contributed by atoms with Crippen molar-refractivity contribution in [3.8, 4) is 0 Å². The second kappa shape index (κ2) is 8.25. The van der Waals surface area contributed by atoms with E-state index in [4.69, 9.17) is 23.4 Å². The first-order valence-corrected chi connectivity index (χ1v) is 8.57. The summed E-state index contributed by atoms with van der Waals surface area (Å²) in [6, 6.07) is -0.107. The third-order valence-corrected chi connectivity index (χ3v) is 4.59. The molecule has 114 valence electrons. The number of hydrogen-bond acceptors (Lipinski definition) is 9. The van der Waals surface area contributed by atoms with Gasteiger partial charge in [-0.25, -0.2) is 4.79 Å². The number of rotatable bonds is 2. The summed E-state index contributed by atoms with van der Waals surface area (Å²) < 4.78 is 39.1. The predicted octanol–water partition coefficient (Wildman–Crippen LogP) is -1.70. The molecule has 1 fully saturated rings. The van der Waals surface area contributed by atoms with Crippen molar-refractivity contribution in [2.75, 3.05) is 6.54 Å². The monoisotopic (exact) mass is 343 g/mol. The number of carbonyl (C=O) groups excluding carboxylic acids is 1. The van der Waals surface area contributed by atoms with E-state index in [0.717, 1.165) is 23.6 Å². The number of halogens is 1. The van der Waals surface area contributed by atoms with Gasteiger partial charge in [-0.15, -0.1) is 0 Å². The quantitative estimate of drug-likeness (QED) is 0.445. The first kappa shape index (κ1) is 17.8. The molecule has 0 bridgehead atoms. The average Bonchev–Trinajstić information content (AvgIpc) is 3.00. The normalized spacial score (nSPS) is 21.4. The Morgan fingerprint density at radius 2 is 2.00 bits per heavy atom. The summed E-state index contributed by atoms with van der Waals surface area (Å²) in [5.41, 5.74) is 0. The van der Waals surface area contributed by atoms with E-state index in [-0.39, 0.29) is 12.0 Å². The molecular formula is C10H14ClNO6S2. The van der Waals surface area contributed by atoms with Crippen molar-refractivity contribution in [2.24, 2.45) is 0 Å². The van der Waals surface area contributed by atoms with E-state index in [2.05, 4.69) is 5.32 Å². The van der Waals surface area contributed by atoms with Crippen LogP contribution in [0.25, 0.3) is 0 Å². The molecule has 7 nitrogen and oxygen atoms in total. The summed E-state index contributed by atoms with van der Waals surface area (Å²) >= 11 is 3.20. The molecule has 0 saturated carbocycles. The number of carbonyl (C=O) groups is 1. The van der Waals surface area contributed by atoms with Gasteiger partial charge in [0.05, 0.1) is 19.1 Å². The van der Waals surface area contributed by atoms with Crippen molar-refractivity contribution in [3.05, 3.63) is 20.8 Å². The van der Waals surface area contributed by atoms with Crippen LogP contribution in [-0.2, 0) is 9.53 Å². The molecule has 1 atom stereocenters. The molecule has 2 N–H and O–H groups in total. The molecule has 0 aromatic carbocycles. The zero-order valence-corrected chi connectivity index (χ0v) is 12.9. The van der Waals surface area contributed by atoms with E-state index in [9.17, 15) is 4.79 Å². The Balaban J connectivity index is 0.000000347. The maximum absolute atomic E-state index is 11.7. The van der Waals surface area contributed by atoms with Crippen molar-refractivity contribution in [2.45, 2.75) is 25.8 Å². The predicted molar refractivity (Wildman–Crippen MR) is 66.4 cm³/mol. The molecule has 1 saturated heterocycles. The SMILES string of the molecule is CC(OC(=O)C1CCCN1)=C1SC=CS1.[O-][Cl+3]([O-])([O-])O. The highest BCUT2D eigenvalue weighted by atomic mass is 35.7. The molecular weight excluding hydrogens is 330 g/mol. The Hall–Kier alpha value is -0.260. The Bertz CT molecular complexity index is 387. The van der Waals surface area contributed by atoms with Gasteiger partial charge < -0.3 is 10.1 Å². The Morgan fingerprint density at radius 1 is 1.45 bits per heavy atom. The highest BCUT2D eigenvalue weighted by Gasteiger charge is 2.24. The second-order valence-electron chi connectivity index (χ2n) is 3.82. The number of allylic oxidation sites excluding steroid dienone is 1. The van der Waals surface area contributed by atoms with Crippen LogP contribution in [0.2, 0.25) is 0 Å². The van der Waals surface area contributed by atoms with Crippen LogP contribution in [0.3, 0.4) is 0 Å². The molecule has 0 spiro atoms. The van der Waals surface area contributed by atoms with E-state index < -0.39 is 10.2 Å². The minimum absolute atomic E-state index is 0.107. The lowest BCUT2D eigenvalue weighted by Crippen LogP contribution is -2.58. The van der Waals surface area contributed by atoms with E-state index in [1.54, 1.807) is 23.5 Å². The van der Waals surface area contributed by atoms with Gasteiger partial charge in [0, 0.05) is 0 Å². The fraction of sp³-hybridized carbons (Fsp3) is 0.500. The fourth-order valence-corrected chi connectivity index (χ4v) is 3.18. The van der Waals surface area contributed by atoms with Crippen LogP contribution in [0.15, 0.2) is 20.8 Å². The molecule has 1 unspecified atom stereocenters. The maximum atomic E-state index is 11.7. The Morgan fingerprint density at radius 3 is 2.45 bits per heavy atom. The van der Waals surface area contributed by atoms with Crippen LogP contribution in [0.5, 0.6) is 0 Å². The second-order valence-corrected chi connectivity index (χ2v) is 6.70. The van der Waals surface area contributed by atoms with Gasteiger partial charge in [0.2, 0.25) is 0 Å². The van der Waals surface area contributed by atoms with Gasteiger partial charge in [-0.05, 0) is 37.1 Å². The van der Waals surface area contributed by atoms with Crippen LogP contribution < -0.4 is 19.3 Å². The molecule has 0 amide bonds. The first-order valence-electron chi connectivity index (χ1n) is 5.55. The summed E-state index contributed by atoms with van der Waals surface area (Å²) in [5, 5.41) is 7.11. The minimum Gasteiger partial charge on any atom is -0.428 e. The molecule has 2 aliphatic heterocycles. The van der Waals surface area contributed by atoms with Crippen LogP contribution in [0.1, 0.15) is 19.8 Å². The van der Waals surface area contributed by atoms with Gasteiger partial charge in [-0.1, -0.05) is 23.5 Å². The molecule has 2 rings (SSSR count).